The molecule has 0 fully saturated rings. The van der Waals surface area contributed by atoms with Crippen LogP contribution in [-0.4, -0.2) is 9.04 Å². The Morgan fingerprint density at radius 2 is 2.22 bits per heavy atom. The van der Waals surface area contributed by atoms with Crippen LogP contribution in [0, 0.1) is 11.3 Å². The number of rotatable bonds is 4. The van der Waals surface area contributed by atoms with Crippen LogP contribution in [0.3, 0.4) is 0 Å². The fourth-order valence-electron chi connectivity index (χ4n) is 0.636. The van der Waals surface area contributed by atoms with Crippen LogP contribution in [0.1, 0.15) is 19.3 Å². The molecule has 0 aromatic heterocycles. The lowest BCUT2D eigenvalue weighted by Gasteiger charge is -1.94. The Kier molecular flexibility index (Phi) is 5.58. The maximum Gasteiger partial charge on any atom is 0.219 e. The van der Waals surface area contributed by atoms with Gasteiger partial charge in [-0.05, 0) is 19.0 Å². The lowest BCUT2D eigenvalue weighted by molar-refractivity contribution is 0.449. The molecule has 0 aliphatic heterocycles. The summed E-state index contributed by atoms with van der Waals surface area (Å²) in [7, 11) is -1.57. The Balaban J connectivity index is 2.85. The summed E-state index contributed by atoms with van der Waals surface area (Å²) in [5.74, 6) is 0. The normalized spacial score (nSPS) is 12.6. The predicted octanol–water partition coefficient (Wildman–Crippen LogP) is 1.46. The largest absolute Gasteiger partial charge is 0.302 e. The zero-order chi connectivity index (χ0) is 7.11. The Bertz CT molecular complexity index is 97.7. The highest BCUT2D eigenvalue weighted by Crippen LogP contribution is 2.01. The number of hydrogen-bond donors (Lipinski definition) is 0. The van der Waals surface area contributed by atoms with E-state index in [1.165, 1.54) is 0 Å². The van der Waals surface area contributed by atoms with Gasteiger partial charge in [-0.2, -0.15) is 5.26 Å². The molecule has 0 spiro atoms. The van der Waals surface area contributed by atoms with Crippen LogP contribution >= 0.6 is 0 Å². The molecule has 3 heteroatoms. The summed E-state index contributed by atoms with van der Waals surface area (Å²) >= 11 is 0. The maximum atomic E-state index is 10.5. The molecule has 0 aliphatic rings. The molecule has 0 heterocycles. The molecule has 0 aliphatic carbocycles. The third kappa shape index (κ3) is 7.67. The summed E-state index contributed by atoms with van der Waals surface area (Å²) in [5.41, 5.74) is 0. The first kappa shape index (κ1) is 8.67. The lowest BCUT2D eigenvalue weighted by Crippen LogP contribution is -2.00. The second-order valence-corrected chi connectivity index (χ2v) is 4.41. The second-order valence-electron chi connectivity index (χ2n) is 2.21. The van der Waals surface area contributed by atoms with Gasteiger partial charge in [0.15, 0.2) is 0 Å². The summed E-state index contributed by atoms with van der Waals surface area (Å²) in [6, 6.07) is 2.90. The van der Waals surface area contributed by atoms with Gasteiger partial charge in [0.25, 0.3) is 0 Å². The first-order valence-corrected chi connectivity index (χ1v) is 5.74. The minimum atomic E-state index is -1.57. The van der Waals surface area contributed by atoms with E-state index >= 15 is 0 Å². The minimum Gasteiger partial charge on any atom is -0.302 e. The van der Waals surface area contributed by atoms with Crippen LogP contribution in [0.4, 0.5) is 0 Å². The molecule has 51 valence electrons. The number of nitriles is 1. The van der Waals surface area contributed by atoms with E-state index in [0.717, 1.165) is 18.9 Å². The molecule has 1 atom stereocenters. The summed E-state index contributed by atoms with van der Waals surface area (Å²) in [5, 5.41) is 8.11. The Hall–Kier alpha value is -0.333. The molecule has 0 N–H and O–H groups in total. The van der Waals surface area contributed by atoms with Crippen LogP contribution in [0.15, 0.2) is 0 Å². The Labute approximate surface area is 57.9 Å². The maximum absolute atomic E-state index is 10.5. The summed E-state index contributed by atoms with van der Waals surface area (Å²) < 4.78 is 0. The molecular weight excluding hydrogens is 130 g/mol. The van der Waals surface area contributed by atoms with Gasteiger partial charge in [0.1, 0.15) is 0 Å². The molecule has 1 unspecified atom stereocenters. The van der Waals surface area contributed by atoms with Gasteiger partial charge in [-0.25, -0.2) is 0 Å². The highest BCUT2D eigenvalue weighted by molar-refractivity contribution is 6.48. The predicted molar refractivity (Wildman–Crippen MR) is 38.0 cm³/mol. The SMILES string of the molecule is C[SiH]([O])CCCCC#N. The van der Waals surface area contributed by atoms with Crippen molar-refractivity contribution >= 4 is 9.04 Å². The van der Waals surface area contributed by atoms with Crippen molar-refractivity contribution in [1.29, 1.82) is 5.26 Å². The Morgan fingerprint density at radius 3 is 2.67 bits per heavy atom. The van der Waals surface area contributed by atoms with Crippen molar-refractivity contribution < 1.29 is 4.80 Å². The van der Waals surface area contributed by atoms with Gasteiger partial charge in [-0.3, -0.25) is 0 Å². The van der Waals surface area contributed by atoms with Crippen molar-refractivity contribution in [3.8, 4) is 6.07 Å². The van der Waals surface area contributed by atoms with Gasteiger partial charge in [-0.15, -0.1) is 0 Å². The van der Waals surface area contributed by atoms with Gasteiger partial charge >= 0.3 is 0 Å². The van der Waals surface area contributed by atoms with Crippen LogP contribution in [0.5, 0.6) is 0 Å². The summed E-state index contributed by atoms with van der Waals surface area (Å²) in [4.78, 5) is 10.5. The molecule has 0 saturated carbocycles. The van der Waals surface area contributed by atoms with E-state index in [9.17, 15) is 4.80 Å². The number of hydrogen-bond acceptors (Lipinski definition) is 1. The second kappa shape index (κ2) is 5.80. The van der Waals surface area contributed by atoms with Gasteiger partial charge in [0.05, 0.1) is 6.07 Å². The molecule has 1 radical (unpaired) electrons. The van der Waals surface area contributed by atoms with Crippen molar-refractivity contribution in [2.45, 2.75) is 31.9 Å². The molecule has 0 amide bonds. The van der Waals surface area contributed by atoms with Crippen molar-refractivity contribution in [3.05, 3.63) is 0 Å². The average Bonchev–Trinajstić information content (AvgIpc) is 1.80. The standard InChI is InChI=1S/C6H12NOSi/c1-9(8)6-4-2-3-5-7/h9H,2-4,6H2,1H3. The average molecular weight is 142 g/mol. The van der Waals surface area contributed by atoms with Gasteiger partial charge in [0, 0.05) is 6.42 Å². The van der Waals surface area contributed by atoms with Crippen LogP contribution in [-0.2, 0) is 4.80 Å². The summed E-state index contributed by atoms with van der Waals surface area (Å²) in [6.07, 6.45) is 2.49. The monoisotopic (exact) mass is 142 g/mol. The Morgan fingerprint density at radius 1 is 1.56 bits per heavy atom. The lowest BCUT2D eigenvalue weighted by atomic mass is 10.3. The molecule has 0 aromatic rings. The first-order chi connectivity index (χ1) is 4.27. The molecule has 0 aromatic carbocycles. The molecular formula is C6H12NOSi. The van der Waals surface area contributed by atoms with Crippen LogP contribution in [0.25, 0.3) is 0 Å². The van der Waals surface area contributed by atoms with Gasteiger partial charge < -0.3 is 4.80 Å². The number of unbranched alkanes of at least 4 members (excludes halogenated alkanes) is 2. The van der Waals surface area contributed by atoms with Gasteiger partial charge in [-0.1, -0.05) is 6.42 Å². The fourth-order valence-corrected chi connectivity index (χ4v) is 1.50. The molecule has 2 nitrogen and oxygen atoms in total. The fraction of sp³-hybridized carbons (Fsp3) is 0.833. The number of nitrogens with zero attached hydrogens (tertiary/aromatic N) is 1. The van der Waals surface area contributed by atoms with E-state index < -0.39 is 9.04 Å². The van der Waals surface area contributed by atoms with Crippen LogP contribution < -0.4 is 0 Å². The molecule has 0 saturated heterocycles. The zero-order valence-electron chi connectivity index (χ0n) is 5.76. The highest BCUT2D eigenvalue weighted by Gasteiger charge is 1.98. The van der Waals surface area contributed by atoms with E-state index in [-0.39, 0.29) is 0 Å². The van der Waals surface area contributed by atoms with Crippen LogP contribution in [0.2, 0.25) is 12.6 Å². The quantitative estimate of drug-likeness (QED) is 0.433. The van der Waals surface area contributed by atoms with E-state index in [1.54, 1.807) is 6.55 Å². The van der Waals surface area contributed by atoms with Crippen molar-refractivity contribution in [2.75, 3.05) is 0 Å². The molecule has 0 rings (SSSR count). The minimum absolute atomic E-state index is 0.612. The van der Waals surface area contributed by atoms with E-state index in [2.05, 4.69) is 6.07 Å². The highest BCUT2D eigenvalue weighted by atomic mass is 28.3. The van der Waals surface area contributed by atoms with E-state index in [1.807, 2.05) is 0 Å². The molecule has 9 heavy (non-hydrogen) atoms. The molecule has 0 bridgehead atoms. The van der Waals surface area contributed by atoms with Gasteiger partial charge in [0.2, 0.25) is 9.04 Å². The first-order valence-electron chi connectivity index (χ1n) is 3.30. The third-order valence-electron chi connectivity index (χ3n) is 1.15. The third-order valence-corrected chi connectivity index (χ3v) is 2.37. The van der Waals surface area contributed by atoms with E-state index in [4.69, 9.17) is 5.26 Å². The van der Waals surface area contributed by atoms with E-state index in [0.29, 0.717) is 6.42 Å². The topological polar surface area (TPSA) is 43.7 Å². The van der Waals surface area contributed by atoms with Crippen molar-refractivity contribution in [3.63, 3.8) is 0 Å². The van der Waals surface area contributed by atoms with Crippen molar-refractivity contribution in [1.82, 2.24) is 0 Å². The summed E-state index contributed by atoms with van der Waals surface area (Å²) in [6.45, 7) is 1.80. The smallest absolute Gasteiger partial charge is 0.219 e. The van der Waals surface area contributed by atoms with Crippen molar-refractivity contribution in [2.24, 2.45) is 0 Å². The zero-order valence-corrected chi connectivity index (χ0v) is 6.92.